The van der Waals surface area contributed by atoms with Crippen LogP contribution in [0.15, 0.2) is 24.3 Å². The van der Waals surface area contributed by atoms with Gasteiger partial charge >= 0.3 is 5.97 Å². The van der Waals surface area contributed by atoms with E-state index in [1.54, 1.807) is 24.3 Å². The Morgan fingerprint density at radius 1 is 1.41 bits per heavy atom. The highest BCUT2D eigenvalue weighted by molar-refractivity contribution is 5.88. The summed E-state index contributed by atoms with van der Waals surface area (Å²) in [6.07, 6.45) is 0.589. The Bertz CT molecular complexity index is 761. The Morgan fingerprint density at radius 3 is 2.59 bits per heavy atom. The minimum atomic E-state index is -1.01. The third-order valence-corrected chi connectivity index (χ3v) is 3.47. The number of carboxylic acids is 1. The van der Waals surface area contributed by atoms with Crippen molar-refractivity contribution in [3.8, 4) is 11.8 Å². The van der Waals surface area contributed by atoms with Gasteiger partial charge in [-0.05, 0) is 24.6 Å². The van der Waals surface area contributed by atoms with Gasteiger partial charge in [0.15, 0.2) is 5.69 Å². The van der Waals surface area contributed by atoms with E-state index in [1.165, 1.54) is 4.68 Å². The zero-order valence-electron chi connectivity index (χ0n) is 13.2. The molecule has 114 valence electrons. The topological polar surface area (TPSA) is 78.9 Å². The first-order chi connectivity index (χ1) is 10.3. The van der Waals surface area contributed by atoms with Crippen molar-refractivity contribution >= 4 is 5.97 Å². The fraction of sp³-hybridized carbons (Fsp3) is 0.353. The van der Waals surface area contributed by atoms with Crippen LogP contribution < -0.4 is 0 Å². The predicted molar refractivity (Wildman–Crippen MR) is 83.3 cm³/mol. The molecule has 0 spiro atoms. The molecule has 1 aromatic carbocycles. The lowest BCUT2D eigenvalue weighted by Gasteiger charge is -2.16. The monoisotopic (exact) mass is 297 g/mol. The molecule has 0 amide bonds. The van der Waals surface area contributed by atoms with Crippen LogP contribution in [0.4, 0.5) is 0 Å². The molecule has 0 unspecified atom stereocenters. The average molecular weight is 297 g/mol. The second-order valence-corrected chi connectivity index (χ2v) is 6.16. The average Bonchev–Trinajstić information content (AvgIpc) is 2.87. The van der Waals surface area contributed by atoms with Crippen LogP contribution in [0.3, 0.4) is 0 Å². The lowest BCUT2D eigenvalue weighted by molar-refractivity contribution is 0.0686. The summed E-state index contributed by atoms with van der Waals surface area (Å²) in [5.41, 5.74) is 2.48. The van der Waals surface area contributed by atoms with Gasteiger partial charge in [-0.25, -0.2) is 9.48 Å². The highest BCUT2D eigenvalue weighted by atomic mass is 16.4. The third-order valence-electron chi connectivity index (χ3n) is 3.47. The van der Waals surface area contributed by atoms with E-state index in [4.69, 9.17) is 5.26 Å². The summed E-state index contributed by atoms with van der Waals surface area (Å²) in [6.45, 7) is 7.96. The Balaban J connectivity index is 2.78. The number of aromatic carboxylic acids is 1. The van der Waals surface area contributed by atoms with Crippen molar-refractivity contribution in [3.05, 3.63) is 46.8 Å². The Morgan fingerprint density at radius 2 is 2.09 bits per heavy atom. The van der Waals surface area contributed by atoms with Crippen molar-refractivity contribution in [1.29, 1.82) is 5.26 Å². The molecule has 1 aromatic heterocycles. The summed E-state index contributed by atoms with van der Waals surface area (Å²) < 4.78 is 1.43. The van der Waals surface area contributed by atoms with Crippen molar-refractivity contribution in [2.45, 2.75) is 39.5 Å². The van der Waals surface area contributed by atoms with Gasteiger partial charge in [-0.1, -0.05) is 33.8 Å². The highest BCUT2D eigenvalue weighted by Gasteiger charge is 2.29. The number of nitriles is 1. The van der Waals surface area contributed by atoms with Crippen LogP contribution in [0.25, 0.3) is 5.69 Å². The van der Waals surface area contributed by atoms with Gasteiger partial charge in [-0.3, -0.25) is 0 Å². The first-order valence-electron chi connectivity index (χ1n) is 7.15. The molecule has 0 aliphatic carbocycles. The van der Waals surface area contributed by atoms with Crippen molar-refractivity contribution in [1.82, 2.24) is 9.78 Å². The molecule has 0 fully saturated rings. The van der Waals surface area contributed by atoms with Crippen LogP contribution >= 0.6 is 0 Å². The molecule has 0 atom stereocenters. The van der Waals surface area contributed by atoms with Gasteiger partial charge in [-0.15, -0.1) is 0 Å². The minimum absolute atomic E-state index is 0.169. The van der Waals surface area contributed by atoms with Crippen LogP contribution in [0.5, 0.6) is 0 Å². The Labute approximate surface area is 129 Å². The summed E-state index contributed by atoms with van der Waals surface area (Å²) in [7, 11) is 0. The van der Waals surface area contributed by atoms with E-state index in [2.05, 4.69) is 11.2 Å². The molecule has 0 aliphatic rings. The molecule has 5 heteroatoms. The maximum atomic E-state index is 11.7. The van der Waals surface area contributed by atoms with Gasteiger partial charge in [0.25, 0.3) is 0 Å². The molecule has 0 saturated carbocycles. The molecule has 1 N–H and O–H groups in total. The molecular weight excluding hydrogens is 278 g/mol. The van der Waals surface area contributed by atoms with Crippen LogP contribution in [0.2, 0.25) is 0 Å². The van der Waals surface area contributed by atoms with E-state index in [9.17, 15) is 9.90 Å². The van der Waals surface area contributed by atoms with Gasteiger partial charge in [-0.2, -0.15) is 10.4 Å². The largest absolute Gasteiger partial charge is 0.476 e. The lowest BCUT2D eigenvalue weighted by atomic mass is 9.88. The number of nitrogens with zero attached hydrogens (tertiary/aromatic N) is 3. The molecular formula is C17H19N3O2. The number of carbonyl (C=O) groups is 1. The molecule has 0 aliphatic heterocycles. The maximum absolute atomic E-state index is 11.7. The van der Waals surface area contributed by atoms with E-state index in [1.807, 2.05) is 27.7 Å². The van der Waals surface area contributed by atoms with Gasteiger partial charge in [0.05, 0.1) is 23.0 Å². The van der Waals surface area contributed by atoms with E-state index in [0.717, 1.165) is 11.3 Å². The molecule has 2 rings (SSSR count). The molecule has 0 bridgehead atoms. The van der Waals surface area contributed by atoms with Gasteiger partial charge < -0.3 is 5.11 Å². The number of benzene rings is 1. The molecule has 1 heterocycles. The van der Waals surface area contributed by atoms with Crippen molar-refractivity contribution in [2.75, 3.05) is 0 Å². The van der Waals surface area contributed by atoms with Crippen LogP contribution in [0.1, 0.15) is 55.0 Å². The summed E-state index contributed by atoms with van der Waals surface area (Å²) in [5, 5.41) is 23.2. The number of rotatable bonds is 3. The summed E-state index contributed by atoms with van der Waals surface area (Å²) in [6, 6.07) is 8.87. The Kier molecular flexibility index (Phi) is 4.05. The van der Waals surface area contributed by atoms with E-state index < -0.39 is 5.97 Å². The third kappa shape index (κ3) is 2.73. The molecule has 5 nitrogen and oxygen atoms in total. The van der Waals surface area contributed by atoms with Crippen molar-refractivity contribution in [2.24, 2.45) is 0 Å². The van der Waals surface area contributed by atoms with Gasteiger partial charge in [0, 0.05) is 11.0 Å². The second-order valence-electron chi connectivity index (χ2n) is 6.16. The first-order valence-corrected chi connectivity index (χ1v) is 7.15. The zero-order valence-corrected chi connectivity index (χ0v) is 13.2. The molecule has 0 radical (unpaired) electrons. The van der Waals surface area contributed by atoms with E-state index >= 15 is 0 Å². The molecule has 0 saturated heterocycles. The predicted octanol–water partition coefficient (Wildman–Crippen LogP) is 3.30. The molecule has 22 heavy (non-hydrogen) atoms. The maximum Gasteiger partial charge on any atom is 0.354 e. The normalized spacial score (nSPS) is 11.2. The first kappa shape index (κ1) is 15.8. The van der Waals surface area contributed by atoms with Gasteiger partial charge in [0.1, 0.15) is 0 Å². The summed E-state index contributed by atoms with van der Waals surface area (Å²) >= 11 is 0. The standard InChI is InChI=1S/C17H19N3O2/c1-5-13-14(16(21)22)20(19-15(13)17(2,3)4)12-8-6-7-11(9-12)10-18/h6-9H,5H2,1-4H3,(H,21,22). The fourth-order valence-electron chi connectivity index (χ4n) is 2.50. The zero-order chi connectivity index (χ0) is 16.5. The Hall–Kier alpha value is -2.61. The number of carboxylic acid groups (broad SMARTS) is 1. The smallest absolute Gasteiger partial charge is 0.354 e. The lowest BCUT2D eigenvalue weighted by Crippen LogP contribution is -2.14. The number of hydrogen-bond donors (Lipinski definition) is 1. The quantitative estimate of drug-likeness (QED) is 0.942. The fourth-order valence-corrected chi connectivity index (χ4v) is 2.50. The number of aromatic nitrogens is 2. The second kappa shape index (κ2) is 5.64. The summed E-state index contributed by atoms with van der Waals surface area (Å²) in [4.78, 5) is 11.7. The minimum Gasteiger partial charge on any atom is -0.476 e. The van der Waals surface area contributed by atoms with Gasteiger partial charge in [0.2, 0.25) is 0 Å². The van der Waals surface area contributed by atoms with Crippen molar-refractivity contribution < 1.29 is 9.90 Å². The SMILES string of the molecule is CCc1c(C(C)(C)C)nn(-c2cccc(C#N)c2)c1C(=O)O. The summed E-state index contributed by atoms with van der Waals surface area (Å²) in [5.74, 6) is -1.01. The van der Waals surface area contributed by atoms with Crippen LogP contribution in [0, 0.1) is 11.3 Å². The van der Waals surface area contributed by atoms with Crippen LogP contribution in [-0.4, -0.2) is 20.9 Å². The number of hydrogen-bond acceptors (Lipinski definition) is 3. The van der Waals surface area contributed by atoms with E-state index in [0.29, 0.717) is 17.7 Å². The highest BCUT2D eigenvalue weighted by Crippen LogP contribution is 2.29. The van der Waals surface area contributed by atoms with Crippen LogP contribution in [-0.2, 0) is 11.8 Å². The van der Waals surface area contributed by atoms with E-state index in [-0.39, 0.29) is 11.1 Å². The van der Waals surface area contributed by atoms with Crippen molar-refractivity contribution in [3.63, 3.8) is 0 Å². The molecule has 2 aromatic rings.